The fourth-order valence-electron chi connectivity index (χ4n) is 2.83. The minimum atomic E-state index is -0.654. The van der Waals surface area contributed by atoms with E-state index in [1.807, 2.05) is 6.92 Å². The average molecular weight is 413 g/mol. The van der Waals surface area contributed by atoms with Crippen LogP contribution < -0.4 is 20.7 Å². The number of imide groups is 1. The van der Waals surface area contributed by atoms with Crippen LogP contribution in [0.1, 0.15) is 30.3 Å². The predicted molar refractivity (Wildman–Crippen MR) is 107 cm³/mol. The zero-order chi connectivity index (χ0) is 21.6. The van der Waals surface area contributed by atoms with E-state index in [0.29, 0.717) is 37.6 Å². The van der Waals surface area contributed by atoms with Crippen LogP contribution in [0, 0.1) is 5.41 Å². The van der Waals surface area contributed by atoms with Crippen molar-refractivity contribution >= 4 is 23.7 Å². The fourth-order valence-corrected chi connectivity index (χ4v) is 2.83. The molecule has 4 amide bonds. The normalized spacial score (nSPS) is 15.0. The van der Waals surface area contributed by atoms with Crippen LogP contribution in [0.25, 0.3) is 0 Å². The zero-order valence-corrected chi connectivity index (χ0v) is 16.7. The van der Waals surface area contributed by atoms with Gasteiger partial charge in [-0.05, 0) is 31.0 Å². The molecular formula is C20H23N5O5. The third kappa shape index (κ3) is 5.29. The molecule has 30 heavy (non-hydrogen) atoms. The standard InChI is InChI=1S/C20H23N5O5/c1-20(6-9-29-10-7-20)18(27)25-19(28)24-16-4-3-14(12-23-16)30-13-5-8-22-15(11-13)17(26)21-2/h3-5,8,11-12H,6-7,9-10H2,1-2H3,(H,21,26)(H2,23,24,25,27,28). The number of pyridine rings is 2. The summed E-state index contributed by atoms with van der Waals surface area (Å²) in [6.45, 7) is 2.81. The number of aromatic nitrogens is 2. The Morgan fingerprint density at radius 2 is 1.87 bits per heavy atom. The second kappa shape index (κ2) is 9.31. The summed E-state index contributed by atoms with van der Waals surface area (Å²) in [7, 11) is 1.51. The monoisotopic (exact) mass is 413 g/mol. The molecule has 2 aromatic rings. The number of urea groups is 1. The van der Waals surface area contributed by atoms with Crippen LogP contribution in [-0.2, 0) is 9.53 Å². The van der Waals surface area contributed by atoms with E-state index >= 15 is 0 Å². The maximum absolute atomic E-state index is 12.4. The van der Waals surface area contributed by atoms with Crippen LogP contribution in [0.2, 0.25) is 0 Å². The van der Waals surface area contributed by atoms with Gasteiger partial charge in [-0.2, -0.15) is 0 Å². The van der Waals surface area contributed by atoms with Crippen molar-refractivity contribution in [2.75, 3.05) is 25.6 Å². The van der Waals surface area contributed by atoms with E-state index in [0.717, 1.165) is 0 Å². The first kappa shape index (κ1) is 21.2. The highest BCUT2D eigenvalue weighted by Crippen LogP contribution is 2.29. The van der Waals surface area contributed by atoms with Gasteiger partial charge in [0.05, 0.1) is 11.6 Å². The Hall–Kier alpha value is -3.53. The van der Waals surface area contributed by atoms with Crippen molar-refractivity contribution < 1.29 is 23.9 Å². The molecule has 10 heteroatoms. The molecule has 0 bridgehead atoms. The number of carbonyl (C=O) groups excluding carboxylic acids is 3. The summed E-state index contributed by atoms with van der Waals surface area (Å²) in [6, 6.07) is 5.59. The molecule has 3 N–H and O–H groups in total. The van der Waals surface area contributed by atoms with E-state index in [-0.39, 0.29) is 23.3 Å². The number of rotatable bonds is 5. The predicted octanol–water partition coefficient (Wildman–Crippen LogP) is 2.09. The number of hydrogen-bond acceptors (Lipinski definition) is 7. The molecule has 0 spiro atoms. The van der Waals surface area contributed by atoms with Crippen LogP contribution in [-0.4, -0.2) is 48.1 Å². The molecule has 0 aliphatic carbocycles. The van der Waals surface area contributed by atoms with Gasteiger partial charge in [-0.25, -0.2) is 9.78 Å². The molecule has 1 saturated heterocycles. The van der Waals surface area contributed by atoms with Gasteiger partial charge in [0.15, 0.2) is 0 Å². The van der Waals surface area contributed by atoms with Gasteiger partial charge in [0.25, 0.3) is 5.91 Å². The van der Waals surface area contributed by atoms with E-state index in [2.05, 4.69) is 25.9 Å². The molecule has 2 aromatic heterocycles. The van der Waals surface area contributed by atoms with E-state index in [1.54, 1.807) is 12.1 Å². The first-order valence-electron chi connectivity index (χ1n) is 9.42. The number of amides is 4. The van der Waals surface area contributed by atoms with Crippen molar-refractivity contribution in [2.45, 2.75) is 19.8 Å². The highest BCUT2D eigenvalue weighted by Gasteiger charge is 2.36. The Bertz CT molecular complexity index is 925. The summed E-state index contributed by atoms with van der Waals surface area (Å²) in [6.07, 6.45) is 4.00. The second-order valence-electron chi connectivity index (χ2n) is 7.02. The van der Waals surface area contributed by atoms with Crippen LogP contribution in [0.3, 0.4) is 0 Å². The number of ether oxygens (including phenoxy) is 2. The number of hydrogen-bond donors (Lipinski definition) is 3. The Kier molecular flexibility index (Phi) is 6.58. The van der Waals surface area contributed by atoms with Crippen molar-refractivity contribution in [3.8, 4) is 11.5 Å². The van der Waals surface area contributed by atoms with Gasteiger partial charge in [-0.3, -0.25) is 25.2 Å². The van der Waals surface area contributed by atoms with E-state index in [9.17, 15) is 14.4 Å². The zero-order valence-electron chi connectivity index (χ0n) is 16.7. The first-order chi connectivity index (χ1) is 14.4. The van der Waals surface area contributed by atoms with Crippen LogP contribution in [0.4, 0.5) is 10.6 Å². The molecule has 1 fully saturated rings. The molecule has 0 aromatic carbocycles. The SMILES string of the molecule is CNC(=O)c1cc(Oc2ccc(NC(=O)NC(=O)C3(C)CCOCC3)nc2)ccn1. The van der Waals surface area contributed by atoms with Crippen LogP contribution >= 0.6 is 0 Å². The molecule has 3 rings (SSSR count). The van der Waals surface area contributed by atoms with E-state index in [4.69, 9.17) is 9.47 Å². The summed E-state index contributed by atoms with van der Waals surface area (Å²) in [5, 5.41) is 7.36. The number of nitrogens with zero attached hydrogens (tertiary/aromatic N) is 2. The Morgan fingerprint density at radius 1 is 1.10 bits per heavy atom. The molecule has 1 aliphatic heterocycles. The molecule has 0 radical (unpaired) electrons. The maximum Gasteiger partial charge on any atom is 0.327 e. The number of carbonyl (C=O) groups is 3. The average Bonchev–Trinajstić information content (AvgIpc) is 2.75. The highest BCUT2D eigenvalue weighted by atomic mass is 16.5. The van der Waals surface area contributed by atoms with Gasteiger partial charge in [0.1, 0.15) is 23.0 Å². The Labute approximate surface area is 173 Å². The second-order valence-corrected chi connectivity index (χ2v) is 7.02. The Morgan fingerprint density at radius 3 is 2.53 bits per heavy atom. The molecule has 0 saturated carbocycles. The quantitative estimate of drug-likeness (QED) is 0.684. The maximum atomic E-state index is 12.4. The fraction of sp³-hybridized carbons (Fsp3) is 0.350. The lowest BCUT2D eigenvalue weighted by atomic mass is 9.81. The number of anilines is 1. The topological polar surface area (TPSA) is 132 Å². The summed E-state index contributed by atoms with van der Waals surface area (Å²) in [5.74, 6) is 0.409. The lowest BCUT2D eigenvalue weighted by molar-refractivity contribution is -0.133. The van der Waals surface area contributed by atoms with Crippen molar-refractivity contribution in [1.82, 2.24) is 20.6 Å². The van der Waals surface area contributed by atoms with Crippen LogP contribution in [0.5, 0.6) is 11.5 Å². The summed E-state index contributed by atoms with van der Waals surface area (Å²) in [5.41, 5.74) is -0.403. The van der Waals surface area contributed by atoms with Gasteiger partial charge in [0.2, 0.25) is 5.91 Å². The van der Waals surface area contributed by atoms with Gasteiger partial charge < -0.3 is 14.8 Å². The highest BCUT2D eigenvalue weighted by molar-refractivity contribution is 6.02. The molecule has 0 unspecified atom stereocenters. The Balaban J connectivity index is 1.56. The van der Waals surface area contributed by atoms with Gasteiger partial charge >= 0.3 is 6.03 Å². The smallest absolute Gasteiger partial charge is 0.327 e. The van der Waals surface area contributed by atoms with Gasteiger partial charge in [-0.15, -0.1) is 0 Å². The lowest BCUT2D eigenvalue weighted by Gasteiger charge is -2.31. The first-order valence-corrected chi connectivity index (χ1v) is 9.42. The minimum Gasteiger partial charge on any atom is -0.456 e. The molecule has 10 nitrogen and oxygen atoms in total. The molecule has 158 valence electrons. The van der Waals surface area contributed by atoms with Crippen LogP contribution in [0.15, 0.2) is 36.7 Å². The largest absolute Gasteiger partial charge is 0.456 e. The molecular weight excluding hydrogens is 390 g/mol. The van der Waals surface area contributed by atoms with Crippen molar-refractivity contribution in [3.63, 3.8) is 0 Å². The lowest BCUT2D eigenvalue weighted by Crippen LogP contribution is -2.46. The van der Waals surface area contributed by atoms with Crippen molar-refractivity contribution in [3.05, 3.63) is 42.4 Å². The van der Waals surface area contributed by atoms with Gasteiger partial charge in [-0.1, -0.05) is 6.92 Å². The molecule has 3 heterocycles. The summed E-state index contributed by atoms with van der Waals surface area (Å²) >= 11 is 0. The van der Waals surface area contributed by atoms with Crippen molar-refractivity contribution in [2.24, 2.45) is 5.41 Å². The summed E-state index contributed by atoms with van der Waals surface area (Å²) < 4.78 is 10.9. The van der Waals surface area contributed by atoms with Crippen molar-refractivity contribution in [1.29, 1.82) is 0 Å². The van der Waals surface area contributed by atoms with Gasteiger partial charge in [0, 0.05) is 32.5 Å². The van der Waals surface area contributed by atoms with E-state index in [1.165, 1.54) is 31.6 Å². The number of nitrogens with one attached hydrogen (secondary N) is 3. The molecule has 1 aliphatic rings. The minimum absolute atomic E-state index is 0.223. The van der Waals surface area contributed by atoms with E-state index < -0.39 is 11.4 Å². The third-order valence-electron chi connectivity index (χ3n) is 4.78. The third-order valence-corrected chi connectivity index (χ3v) is 4.78. The molecule has 0 atom stereocenters. The summed E-state index contributed by atoms with van der Waals surface area (Å²) in [4.78, 5) is 44.2.